The van der Waals surface area contributed by atoms with Crippen molar-refractivity contribution >= 4 is 12.1 Å². The van der Waals surface area contributed by atoms with E-state index in [9.17, 15) is 19.1 Å². The number of likely N-dealkylation sites (tertiary alicyclic amines) is 1. The summed E-state index contributed by atoms with van der Waals surface area (Å²) in [5, 5.41) is 12.2. The van der Waals surface area contributed by atoms with Crippen molar-refractivity contribution in [1.29, 1.82) is 0 Å². The van der Waals surface area contributed by atoms with Gasteiger partial charge in [-0.05, 0) is 47.7 Å². The minimum absolute atomic E-state index is 0.247. The fourth-order valence-corrected chi connectivity index (χ4v) is 3.57. The van der Waals surface area contributed by atoms with Gasteiger partial charge in [0.05, 0.1) is 12.6 Å². The standard InChI is InChI=1S/C24H30FN3O4/c1-17(2)16-32-22-9-5-18(6-10-22)13-26-23(29)28(14-19-3-7-20(25)8-4-19)21-11-12-27(15-21)24(30)31/h3-10,17,21H,11-16H2,1-2H3,(H,26,29)(H,30,31)/t21-/m0/s1. The molecule has 0 spiro atoms. The van der Waals surface area contributed by atoms with E-state index in [2.05, 4.69) is 19.2 Å². The molecule has 32 heavy (non-hydrogen) atoms. The fourth-order valence-electron chi connectivity index (χ4n) is 3.57. The summed E-state index contributed by atoms with van der Waals surface area (Å²) in [4.78, 5) is 27.3. The van der Waals surface area contributed by atoms with Crippen molar-refractivity contribution in [1.82, 2.24) is 15.1 Å². The molecule has 3 amide bonds. The zero-order valence-electron chi connectivity index (χ0n) is 18.5. The number of urea groups is 1. The third-order valence-corrected chi connectivity index (χ3v) is 5.35. The van der Waals surface area contributed by atoms with Gasteiger partial charge in [0.1, 0.15) is 11.6 Å². The largest absolute Gasteiger partial charge is 0.493 e. The summed E-state index contributed by atoms with van der Waals surface area (Å²) in [7, 11) is 0. The zero-order chi connectivity index (χ0) is 23.1. The number of ether oxygens (including phenoxy) is 1. The van der Waals surface area contributed by atoms with Gasteiger partial charge in [-0.25, -0.2) is 14.0 Å². The second-order valence-corrected chi connectivity index (χ2v) is 8.43. The Bertz CT molecular complexity index is 902. The van der Waals surface area contributed by atoms with Crippen molar-refractivity contribution in [2.45, 2.75) is 39.4 Å². The number of hydrogen-bond donors (Lipinski definition) is 2. The molecule has 0 bridgehead atoms. The van der Waals surface area contributed by atoms with E-state index in [4.69, 9.17) is 4.74 Å². The average Bonchev–Trinajstić information content (AvgIpc) is 3.26. The maximum atomic E-state index is 13.3. The highest BCUT2D eigenvalue weighted by Crippen LogP contribution is 2.20. The van der Waals surface area contributed by atoms with Crippen LogP contribution in [0.4, 0.5) is 14.0 Å². The predicted molar refractivity (Wildman–Crippen MR) is 119 cm³/mol. The van der Waals surface area contributed by atoms with E-state index in [1.807, 2.05) is 24.3 Å². The highest BCUT2D eigenvalue weighted by molar-refractivity contribution is 5.75. The van der Waals surface area contributed by atoms with E-state index in [0.717, 1.165) is 16.9 Å². The van der Waals surface area contributed by atoms with Gasteiger partial charge in [0.15, 0.2) is 0 Å². The molecule has 3 rings (SSSR count). The number of benzene rings is 2. The molecule has 1 saturated heterocycles. The van der Waals surface area contributed by atoms with E-state index in [1.165, 1.54) is 17.0 Å². The van der Waals surface area contributed by atoms with Gasteiger partial charge >= 0.3 is 12.1 Å². The number of carbonyl (C=O) groups is 2. The molecule has 2 aromatic rings. The summed E-state index contributed by atoms with van der Waals surface area (Å²) < 4.78 is 19.0. The summed E-state index contributed by atoms with van der Waals surface area (Å²) >= 11 is 0. The van der Waals surface area contributed by atoms with Crippen LogP contribution < -0.4 is 10.1 Å². The van der Waals surface area contributed by atoms with Crippen LogP contribution in [-0.2, 0) is 13.1 Å². The van der Waals surface area contributed by atoms with Gasteiger partial charge in [0, 0.05) is 26.2 Å². The van der Waals surface area contributed by atoms with Crippen molar-refractivity contribution in [2.75, 3.05) is 19.7 Å². The molecular formula is C24H30FN3O4. The van der Waals surface area contributed by atoms with E-state index in [-0.39, 0.29) is 31.0 Å². The maximum absolute atomic E-state index is 13.3. The molecule has 0 aromatic heterocycles. The van der Waals surface area contributed by atoms with E-state index < -0.39 is 6.09 Å². The van der Waals surface area contributed by atoms with Crippen LogP contribution in [-0.4, -0.2) is 52.8 Å². The second-order valence-electron chi connectivity index (χ2n) is 8.43. The molecule has 2 aromatic carbocycles. The molecular weight excluding hydrogens is 413 g/mol. The molecule has 0 radical (unpaired) electrons. The molecule has 0 saturated carbocycles. The van der Waals surface area contributed by atoms with Crippen LogP contribution in [0.5, 0.6) is 5.75 Å². The monoisotopic (exact) mass is 443 g/mol. The first-order valence-corrected chi connectivity index (χ1v) is 10.8. The Labute approximate surface area is 187 Å². The van der Waals surface area contributed by atoms with Crippen LogP contribution in [0, 0.1) is 11.7 Å². The molecule has 172 valence electrons. The number of nitrogens with zero attached hydrogens (tertiary/aromatic N) is 2. The third kappa shape index (κ3) is 6.60. The minimum atomic E-state index is -0.991. The summed E-state index contributed by atoms with van der Waals surface area (Å²) in [6.07, 6.45) is -0.433. The number of rotatable bonds is 8. The van der Waals surface area contributed by atoms with Crippen LogP contribution in [0.3, 0.4) is 0 Å². The Morgan fingerprint density at radius 3 is 2.41 bits per heavy atom. The van der Waals surface area contributed by atoms with Crippen LogP contribution >= 0.6 is 0 Å². The van der Waals surface area contributed by atoms with E-state index in [1.54, 1.807) is 17.0 Å². The average molecular weight is 444 g/mol. The number of hydrogen-bond acceptors (Lipinski definition) is 3. The van der Waals surface area contributed by atoms with E-state index in [0.29, 0.717) is 32.0 Å². The van der Waals surface area contributed by atoms with Gasteiger partial charge in [-0.2, -0.15) is 0 Å². The first-order chi connectivity index (χ1) is 15.3. The molecule has 0 unspecified atom stereocenters. The molecule has 0 aliphatic carbocycles. The number of carboxylic acid groups (broad SMARTS) is 1. The maximum Gasteiger partial charge on any atom is 0.407 e. The zero-order valence-corrected chi connectivity index (χ0v) is 18.5. The van der Waals surface area contributed by atoms with Crippen molar-refractivity contribution in [3.63, 3.8) is 0 Å². The molecule has 1 aliphatic rings. The SMILES string of the molecule is CC(C)COc1ccc(CNC(=O)N(Cc2ccc(F)cc2)[C@H]2CCN(C(=O)O)C2)cc1. The van der Waals surface area contributed by atoms with Crippen molar-refractivity contribution in [3.05, 3.63) is 65.5 Å². The normalized spacial score (nSPS) is 15.6. The van der Waals surface area contributed by atoms with Gasteiger partial charge < -0.3 is 25.0 Å². The molecule has 1 aliphatic heterocycles. The van der Waals surface area contributed by atoms with Gasteiger partial charge in [0.2, 0.25) is 0 Å². The smallest absolute Gasteiger partial charge is 0.407 e. The number of amides is 3. The van der Waals surface area contributed by atoms with Gasteiger partial charge in [-0.3, -0.25) is 0 Å². The first kappa shape index (κ1) is 23.4. The lowest BCUT2D eigenvalue weighted by Crippen LogP contribution is -2.46. The highest BCUT2D eigenvalue weighted by Gasteiger charge is 2.33. The summed E-state index contributed by atoms with van der Waals surface area (Å²) in [6.45, 7) is 6.05. The molecule has 1 fully saturated rings. The second kappa shape index (κ2) is 10.8. The Morgan fingerprint density at radius 1 is 1.16 bits per heavy atom. The van der Waals surface area contributed by atoms with Gasteiger partial charge in [-0.15, -0.1) is 0 Å². The molecule has 1 atom stereocenters. The number of halogens is 1. The van der Waals surface area contributed by atoms with Crippen molar-refractivity contribution in [3.8, 4) is 5.75 Å². The molecule has 1 heterocycles. The molecule has 8 heteroatoms. The molecule has 2 N–H and O–H groups in total. The Hall–Kier alpha value is -3.29. The van der Waals surface area contributed by atoms with Crippen LogP contribution in [0.25, 0.3) is 0 Å². The Kier molecular flexibility index (Phi) is 7.92. The lowest BCUT2D eigenvalue weighted by molar-refractivity contribution is 0.145. The third-order valence-electron chi connectivity index (χ3n) is 5.35. The quantitative estimate of drug-likeness (QED) is 0.637. The van der Waals surface area contributed by atoms with Crippen LogP contribution in [0.15, 0.2) is 48.5 Å². The summed E-state index contributed by atoms with van der Waals surface area (Å²) in [5.41, 5.74) is 1.71. The molecule has 7 nitrogen and oxygen atoms in total. The predicted octanol–water partition coefficient (Wildman–Crippen LogP) is 4.32. The lowest BCUT2D eigenvalue weighted by atomic mass is 10.1. The van der Waals surface area contributed by atoms with Crippen LogP contribution in [0.1, 0.15) is 31.4 Å². The highest BCUT2D eigenvalue weighted by atomic mass is 19.1. The Morgan fingerprint density at radius 2 is 1.81 bits per heavy atom. The Balaban J connectivity index is 1.64. The van der Waals surface area contributed by atoms with E-state index >= 15 is 0 Å². The van der Waals surface area contributed by atoms with Crippen molar-refractivity contribution in [2.24, 2.45) is 5.92 Å². The van der Waals surface area contributed by atoms with Crippen molar-refractivity contribution < 1.29 is 23.8 Å². The lowest BCUT2D eigenvalue weighted by Gasteiger charge is -2.29. The summed E-state index contributed by atoms with van der Waals surface area (Å²) in [6, 6.07) is 13.0. The summed E-state index contributed by atoms with van der Waals surface area (Å²) in [5.74, 6) is 0.878. The van der Waals surface area contributed by atoms with Crippen LogP contribution in [0.2, 0.25) is 0 Å². The van der Waals surface area contributed by atoms with Gasteiger partial charge in [-0.1, -0.05) is 38.1 Å². The number of carbonyl (C=O) groups excluding carboxylic acids is 1. The fraction of sp³-hybridized carbons (Fsp3) is 0.417. The minimum Gasteiger partial charge on any atom is -0.493 e. The topological polar surface area (TPSA) is 82.1 Å². The number of nitrogens with one attached hydrogen (secondary N) is 1. The van der Waals surface area contributed by atoms with Gasteiger partial charge in [0.25, 0.3) is 0 Å². The first-order valence-electron chi connectivity index (χ1n) is 10.8.